The number of nitrogens with zero attached hydrogens (tertiary/aromatic N) is 1. The molecule has 1 heterocycles. The van der Waals surface area contributed by atoms with Crippen LogP contribution < -0.4 is 5.32 Å². The molecule has 94 valence electrons. The quantitative estimate of drug-likeness (QED) is 0.827. The van der Waals surface area contributed by atoms with Gasteiger partial charge in [-0.1, -0.05) is 0 Å². The summed E-state index contributed by atoms with van der Waals surface area (Å²) in [5.74, 6) is -9.48. The molecule has 0 aliphatic carbocycles. The molecule has 0 fully saturated rings. The second-order valence-electron chi connectivity index (χ2n) is 2.88. The average Bonchev–Trinajstić information content (AvgIpc) is 2.19. The summed E-state index contributed by atoms with van der Waals surface area (Å²) in [6.07, 6.45) is -4.56. The Morgan fingerprint density at radius 1 is 1.24 bits per heavy atom. The number of alkyl halides is 5. The van der Waals surface area contributed by atoms with Crippen molar-refractivity contribution in [1.29, 1.82) is 0 Å². The molecule has 0 saturated heterocycles. The first-order chi connectivity index (χ1) is 7.66. The van der Waals surface area contributed by atoms with Gasteiger partial charge in [0.15, 0.2) is 5.82 Å². The third kappa shape index (κ3) is 2.66. The predicted molar refractivity (Wildman–Crippen MR) is 43.8 cm³/mol. The molecule has 0 atom stereocenters. The highest BCUT2D eigenvalue weighted by Gasteiger charge is 2.63. The van der Waals surface area contributed by atoms with Gasteiger partial charge in [0.25, 0.3) is 0 Å². The monoisotopic (exact) mass is 258 g/mol. The summed E-state index contributed by atoms with van der Waals surface area (Å²) in [5, 5.41) is 1.13. The molecule has 0 saturated carbocycles. The van der Waals surface area contributed by atoms with E-state index in [4.69, 9.17) is 0 Å². The maximum Gasteiger partial charge on any atom is 0.463 e. The fourth-order valence-corrected chi connectivity index (χ4v) is 0.806. The lowest BCUT2D eigenvalue weighted by Crippen LogP contribution is -2.47. The zero-order valence-electron chi connectivity index (χ0n) is 7.86. The van der Waals surface area contributed by atoms with Crippen LogP contribution >= 0.6 is 0 Å². The van der Waals surface area contributed by atoms with Crippen LogP contribution in [0.4, 0.5) is 32.0 Å². The maximum atomic E-state index is 12.8. The van der Waals surface area contributed by atoms with Crippen molar-refractivity contribution in [3.8, 4) is 0 Å². The van der Waals surface area contributed by atoms with E-state index in [1.807, 2.05) is 0 Å². The molecule has 0 unspecified atom stereocenters. The van der Waals surface area contributed by atoms with Crippen LogP contribution in [0.3, 0.4) is 0 Å². The van der Waals surface area contributed by atoms with E-state index in [9.17, 15) is 31.1 Å². The van der Waals surface area contributed by atoms with E-state index in [0.29, 0.717) is 6.20 Å². The largest absolute Gasteiger partial charge is 0.463 e. The summed E-state index contributed by atoms with van der Waals surface area (Å²) >= 11 is 0. The Bertz CT molecular complexity index is 430. The first-order valence-corrected chi connectivity index (χ1v) is 4.02. The van der Waals surface area contributed by atoms with Gasteiger partial charge in [0.1, 0.15) is 0 Å². The molecule has 1 aromatic rings. The minimum atomic E-state index is -6.04. The fraction of sp³-hybridized carbons (Fsp3) is 0.250. The van der Waals surface area contributed by atoms with Gasteiger partial charge >= 0.3 is 18.0 Å². The van der Waals surface area contributed by atoms with Crippen LogP contribution in [0, 0.1) is 5.82 Å². The Hall–Kier alpha value is -1.80. The SMILES string of the molecule is O=C(Nc1ccncc1F)C(F)(F)C(F)(F)F. The molecule has 17 heavy (non-hydrogen) atoms. The fourth-order valence-electron chi connectivity index (χ4n) is 0.806. The van der Waals surface area contributed by atoms with Crippen LogP contribution in [0.5, 0.6) is 0 Å². The molecule has 0 aromatic carbocycles. The molecular formula is C8H4F6N2O. The van der Waals surface area contributed by atoms with Gasteiger partial charge in [-0.25, -0.2) is 4.39 Å². The van der Waals surface area contributed by atoms with Crippen molar-refractivity contribution in [2.45, 2.75) is 12.1 Å². The van der Waals surface area contributed by atoms with Gasteiger partial charge in [-0.2, -0.15) is 22.0 Å². The van der Waals surface area contributed by atoms with E-state index in [-0.39, 0.29) is 0 Å². The van der Waals surface area contributed by atoms with Crippen molar-refractivity contribution in [2.24, 2.45) is 0 Å². The smallest absolute Gasteiger partial charge is 0.318 e. The summed E-state index contributed by atoms with van der Waals surface area (Å²) in [7, 11) is 0. The lowest BCUT2D eigenvalue weighted by molar-refractivity contribution is -0.267. The summed E-state index contributed by atoms with van der Waals surface area (Å²) < 4.78 is 73.1. The first kappa shape index (κ1) is 13.3. The Morgan fingerprint density at radius 3 is 2.29 bits per heavy atom. The highest BCUT2D eigenvalue weighted by molar-refractivity contribution is 5.96. The molecule has 1 amide bonds. The van der Waals surface area contributed by atoms with Crippen LogP contribution in [-0.4, -0.2) is 23.0 Å². The standard InChI is InChI=1S/C8H4F6N2O/c9-4-3-15-2-1-5(4)16-6(17)7(10,11)8(12,13)14/h1-3H,(H,15,16,17). The molecule has 1 rings (SSSR count). The Morgan fingerprint density at radius 2 is 1.82 bits per heavy atom. The zero-order valence-corrected chi connectivity index (χ0v) is 7.86. The summed E-state index contributed by atoms with van der Waals surface area (Å²) in [5.41, 5.74) is -0.811. The van der Waals surface area contributed by atoms with Crippen LogP contribution in [-0.2, 0) is 4.79 Å². The molecule has 1 N–H and O–H groups in total. The average molecular weight is 258 g/mol. The van der Waals surface area contributed by atoms with E-state index in [2.05, 4.69) is 4.98 Å². The minimum absolute atomic E-state index is 0.557. The second-order valence-corrected chi connectivity index (χ2v) is 2.88. The Labute approximate surface area is 90.5 Å². The van der Waals surface area contributed by atoms with E-state index in [1.54, 1.807) is 0 Å². The molecule has 0 aliphatic rings. The van der Waals surface area contributed by atoms with Crippen molar-refractivity contribution in [2.75, 3.05) is 5.32 Å². The van der Waals surface area contributed by atoms with Crippen molar-refractivity contribution < 1.29 is 31.1 Å². The topological polar surface area (TPSA) is 42.0 Å². The van der Waals surface area contributed by atoms with Crippen LogP contribution in [0.25, 0.3) is 0 Å². The van der Waals surface area contributed by atoms with Gasteiger partial charge in [0.2, 0.25) is 0 Å². The van der Waals surface area contributed by atoms with Gasteiger partial charge in [0.05, 0.1) is 11.9 Å². The van der Waals surface area contributed by atoms with Gasteiger partial charge < -0.3 is 5.32 Å². The lowest BCUT2D eigenvalue weighted by atomic mass is 10.3. The molecule has 9 heteroatoms. The number of rotatable bonds is 2. The number of carbonyl (C=O) groups is 1. The number of hydrogen-bond acceptors (Lipinski definition) is 2. The van der Waals surface area contributed by atoms with E-state index >= 15 is 0 Å². The number of halogens is 6. The number of aromatic nitrogens is 1. The third-order valence-corrected chi connectivity index (χ3v) is 1.66. The molecule has 0 bridgehead atoms. The summed E-state index contributed by atoms with van der Waals surface area (Å²) in [4.78, 5) is 13.9. The van der Waals surface area contributed by atoms with Gasteiger partial charge in [0, 0.05) is 6.20 Å². The maximum absolute atomic E-state index is 12.8. The van der Waals surface area contributed by atoms with E-state index < -0.39 is 29.5 Å². The van der Waals surface area contributed by atoms with Crippen molar-refractivity contribution >= 4 is 11.6 Å². The number of pyridine rings is 1. The van der Waals surface area contributed by atoms with Crippen molar-refractivity contribution in [1.82, 2.24) is 4.98 Å². The van der Waals surface area contributed by atoms with Gasteiger partial charge in [-0.05, 0) is 6.07 Å². The van der Waals surface area contributed by atoms with Crippen LogP contribution in [0.15, 0.2) is 18.5 Å². The number of anilines is 1. The predicted octanol–water partition coefficient (Wildman–Crippen LogP) is 2.36. The second kappa shape index (κ2) is 4.22. The molecule has 0 radical (unpaired) electrons. The van der Waals surface area contributed by atoms with E-state index in [1.165, 1.54) is 0 Å². The normalized spacial score (nSPS) is 12.4. The highest BCUT2D eigenvalue weighted by atomic mass is 19.4. The molecule has 0 aliphatic heterocycles. The Kier molecular flexibility index (Phi) is 3.30. The molecule has 1 aromatic heterocycles. The number of carbonyl (C=O) groups excluding carboxylic acids is 1. The van der Waals surface area contributed by atoms with E-state index in [0.717, 1.165) is 17.6 Å². The minimum Gasteiger partial charge on any atom is -0.318 e. The van der Waals surface area contributed by atoms with Crippen molar-refractivity contribution in [3.63, 3.8) is 0 Å². The summed E-state index contributed by atoms with van der Waals surface area (Å²) in [6.45, 7) is 0. The first-order valence-electron chi connectivity index (χ1n) is 4.02. The van der Waals surface area contributed by atoms with Gasteiger partial charge in [-0.3, -0.25) is 9.78 Å². The van der Waals surface area contributed by atoms with Crippen molar-refractivity contribution in [3.05, 3.63) is 24.3 Å². The Balaban J connectivity index is 2.91. The van der Waals surface area contributed by atoms with Gasteiger partial charge in [-0.15, -0.1) is 0 Å². The highest BCUT2D eigenvalue weighted by Crippen LogP contribution is 2.36. The molecule has 0 spiro atoms. The van der Waals surface area contributed by atoms with Crippen LogP contribution in [0.1, 0.15) is 0 Å². The third-order valence-electron chi connectivity index (χ3n) is 1.66. The number of nitrogens with one attached hydrogen (secondary N) is 1. The molecular weight excluding hydrogens is 254 g/mol. The van der Waals surface area contributed by atoms with Crippen LogP contribution in [0.2, 0.25) is 0 Å². The number of hydrogen-bond donors (Lipinski definition) is 1. The summed E-state index contributed by atoms with van der Waals surface area (Å²) in [6, 6.07) is 0.750. The lowest BCUT2D eigenvalue weighted by Gasteiger charge is -2.18. The zero-order chi connectivity index (χ0) is 13.3. The number of amides is 1. The molecule has 3 nitrogen and oxygen atoms in total.